The van der Waals surface area contributed by atoms with Crippen molar-refractivity contribution in [3.63, 3.8) is 0 Å². The minimum Gasteiger partial charge on any atom is -0.363 e. The van der Waals surface area contributed by atoms with E-state index in [9.17, 15) is 4.79 Å². The molecule has 0 spiro atoms. The molecule has 1 aromatic heterocycles. The van der Waals surface area contributed by atoms with Crippen LogP contribution in [0.1, 0.15) is 6.92 Å². The summed E-state index contributed by atoms with van der Waals surface area (Å²) < 4.78 is 0. The molecule has 0 aliphatic carbocycles. The molecule has 18 heavy (non-hydrogen) atoms. The summed E-state index contributed by atoms with van der Waals surface area (Å²) >= 11 is 0. The highest BCUT2D eigenvalue weighted by Gasteiger charge is 2.16. The summed E-state index contributed by atoms with van der Waals surface area (Å²) in [5.41, 5.74) is 2.69. The summed E-state index contributed by atoms with van der Waals surface area (Å²) in [4.78, 5) is 18.1. The second-order valence-corrected chi connectivity index (χ2v) is 4.59. The monoisotopic (exact) mass is 246 g/mol. The highest BCUT2D eigenvalue weighted by Crippen LogP contribution is 2.14. The number of pyridine rings is 1. The molecule has 0 unspecified atom stereocenters. The normalized spacial score (nSPS) is 13.8. The van der Waals surface area contributed by atoms with Gasteiger partial charge in [-0.2, -0.15) is 0 Å². The highest BCUT2D eigenvalue weighted by atomic mass is 16.1. The molecule has 1 amide bonds. The van der Waals surface area contributed by atoms with Gasteiger partial charge in [-0.25, -0.2) is 4.98 Å². The van der Waals surface area contributed by atoms with Crippen LogP contribution in [0.2, 0.25) is 0 Å². The van der Waals surface area contributed by atoms with Gasteiger partial charge in [0.15, 0.2) is 0 Å². The maximum atomic E-state index is 11.9. The zero-order valence-corrected chi connectivity index (χ0v) is 10.9. The average Bonchev–Trinajstić information content (AvgIpc) is 2.27. The van der Waals surface area contributed by atoms with Crippen LogP contribution in [-0.2, 0) is 4.79 Å². The SMILES string of the molecule is CC(C(=O)Nc1ccc(N(C)C)nc1)=C1CNC1. The van der Waals surface area contributed by atoms with Crippen molar-refractivity contribution in [2.24, 2.45) is 0 Å². The van der Waals surface area contributed by atoms with Gasteiger partial charge >= 0.3 is 0 Å². The van der Waals surface area contributed by atoms with Crippen molar-refractivity contribution in [2.75, 3.05) is 37.4 Å². The van der Waals surface area contributed by atoms with E-state index in [1.165, 1.54) is 5.57 Å². The van der Waals surface area contributed by atoms with Crippen molar-refractivity contribution < 1.29 is 4.79 Å². The first-order valence-electron chi connectivity index (χ1n) is 5.92. The summed E-state index contributed by atoms with van der Waals surface area (Å²) in [6.45, 7) is 3.49. The van der Waals surface area contributed by atoms with Crippen molar-refractivity contribution in [3.05, 3.63) is 29.5 Å². The molecule has 96 valence electrons. The minimum atomic E-state index is -0.0501. The molecule has 1 saturated heterocycles. The Labute approximate surface area is 107 Å². The van der Waals surface area contributed by atoms with Crippen LogP contribution in [0.4, 0.5) is 11.5 Å². The molecule has 1 aromatic rings. The van der Waals surface area contributed by atoms with Crippen LogP contribution >= 0.6 is 0 Å². The third kappa shape index (κ3) is 2.68. The number of nitrogens with one attached hydrogen (secondary N) is 2. The van der Waals surface area contributed by atoms with Gasteiger partial charge in [-0.1, -0.05) is 0 Å². The van der Waals surface area contributed by atoms with Crippen molar-refractivity contribution in [3.8, 4) is 0 Å². The van der Waals surface area contributed by atoms with Gasteiger partial charge < -0.3 is 15.5 Å². The fourth-order valence-corrected chi connectivity index (χ4v) is 1.63. The van der Waals surface area contributed by atoms with Crippen molar-refractivity contribution in [2.45, 2.75) is 6.92 Å². The predicted molar refractivity (Wildman–Crippen MR) is 72.8 cm³/mol. The van der Waals surface area contributed by atoms with Gasteiger partial charge in [0.05, 0.1) is 11.9 Å². The van der Waals surface area contributed by atoms with Crippen molar-refractivity contribution >= 4 is 17.4 Å². The van der Waals surface area contributed by atoms with Crippen LogP contribution in [0.3, 0.4) is 0 Å². The van der Waals surface area contributed by atoms with E-state index in [1.54, 1.807) is 6.20 Å². The van der Waals surface area contributed by atoms with Crippen molar-refractivity contribution in [1.29, 1.82) is 0 Å². The Morgan fingerprint density at radius 1 is 1.39 bits per heavy atom. The molecular weight excluding hydrogens is 228 g/mol. The molecule has 1 aliphatic rings. The van der Waals surface area contributed by atoms with E-state index in [1.807, 2.05) is 38.1 Å². The van der Waals surface area contributed by atoms with Crippen LogP contribution < -0.4 is 15.5 Å². The molecule has 1 aliphatic heterocycles. The summed E-state index contributed by atoms with van der Waals surface area (Å²) in [5, 5.41) is 5.98. The maximum Gasteiger partial charge on any atom is 0.251 e. The molecule has 0 bridgehead atoms. The highest BCUT2D eigenvalue weighted by molar-refractivity contribution is 6.04. The Hall–Kier alpha value is -1.88. The second kappa shape index (κ2) is 5.18. The maximum absolute atomic E-state index is 11.9. The Bertz CT molecular complexity index is 470. The van der Waals surface area contributed by atoms with Gasteiger partial charge in [0, 0.05) is 32.8 Å². The lowest BCUT2D eigenvalue weighted by molar-refractivity contribution is -0.112. The van der Waals surface area contributed by atoms with Crippen LogP contribution in [-0.4, -0.2) is 38.1 Å². The van der Waals surface area contributed by atoms with Crippen LogP contribution in [0.25, 0.3) is 0 Å². The molecule has 0 aromatic carbocycles. The smallest absolute Gasteiger partial charge is 0.251 e. The van der Waals surface area contributed by atoms with E-state index >= 15 is 0 Å². The van der Waals surface area contributed by atoms with Crippen molar-refractivity contribution in [1.82, 2.24) is 10.3 Å². The summed E-state index contributed by atoms with van der Waals surface area (Å²) in [6, 6.07) is 3.74. The lowest BCUT2D eigenvalue weighted by Gasteiger charge is -2.21. The summed E-state index contributed by atoms with van der Waals surface area (Å²) in [6.07, 6.45) is 1.67. The zero-order valence-electron chi connectivity index (χ0n) is 10.9. The molecule has 5 nitrogen and oxygen atoms in total. The number of carbonyl (C=O) groups excluding carboxylic acids is 1. The number of aromatic nitrogens is 1. The van der Waals surface area contributed by atoms with Crippen LogP contribution in [0.15, 0.2) is 29.5 Å². The average molecular weight is 246 g/mol. The molecule has 0 atom stereocenters. The van der Waals surface area contributed by atoms with Gasteiger partial charge in [-0.3, -0.25) is 4.79 Å². The largest absolute Gasteiger partial charge is 0.363 e. The Morgan fingerprint density at radius 3 is 2.56 bits per heavy atom. The number of hydrogen-bond donors (Lipinski definition) is 2. The van der Waals surface area contributed by atoms with Gasteiger partial charge in [0.2, 0.25) is 0 Å². The van der Waals surface area contributed by atoms with E-state index < -0.39 is 0 Å². The Morgan fingerprint density at radius 2 is 2.11 bits per heavy atom. The van der Waals surface area contributed by atoms with Gasteiger partial charge in [-0.05, 0) is 24.6 Å². The first-order chi connectivity index (χ1) is 8.58. The standard InChI is InChI=1S/C13H18N4O/c1-9(10-6-14-7-10)13(18)16-11-4-5-12(15-8-11)17(2)3/h4-5,8,14H,6-7H2,1-3H3,(H,16,18). The lowest BCUT2D eigenvalue weighted by Crippen LogP contribution is -2.36. The van der Waals surface area contributed by atoms with Crippen LogP contribution in [0.5, 0.6) is 0 Å². The molecule has 2 rings (SSSR count). The van der Waals surface area contributed by atoms with E-state index in [0.717, 1.165) is 30.2 Å². The molecule has 5 heteroatoms. The lowest BCUT2D eigenvalue weighted by atomic mass is 10.0. The molecular formula is C13H18N4O. The molecule has 1 fully saturated rings. The molecule has 0 saturated carbocycles. The minimum absolute atomic E-state index is 0.0501. The zero-order chi connectivity index (χ0) is 13.1. The number of amides is 1. The first-order valence-corrected chi connectivity index (χ1v) is 5.92. The first kappa shape index (κ1) is 12.6. The second-order valence-electron chi connectivity index (χ2n) is 4.59. The summed E-state index contributed by atoms with van der Waals surface area (Å²) in [5.74, 6) is 0.817. The van der Waals surface area contributed by atoms with Crippen LogP contribution in [0, 0.1) is 0 Å². The molecule has 0 radical (unpaired) electrons. The molecule has 2 N–H and O–H groups in total. The fourth-order valence-electron chi connectivity index (χ4n) is 1.63. The number of nitrogens with zero attached hydrogens (tertiary/aromatic N) is 2. The predicted octanol–water partition coefficient (Wildman–Crippen LogP) is 1.01. The van der Waals surface area contributed by atoms with Gasteiger partial charge in [0.1, 0.15) is 5.82 Å². The Kier molecular flexibility index (Phi) is 3.62. The van der Waals surface area contributed by atoms with E-state index in [-0.39, 0.29) is 5.91 Å². The Balaban J connectivity index is 2.03. The molecule has 2 heterocycles. The number of rotatable bonds is 3. The van der Waals surface area contributed by atoms with E-state index in [4.69, 9.17) is 0 Å². The number of carbonyl (C=O) groups is 1. The third-order valence-electron chi connectivity index (χ3n) is 3.01. The van der Waals surface area contributed by atoms with E-state index in [0.29, 0.717) is 0 Å². The third-order valence-corrected chi connectivity index (χ3v) is 3.01. The van der Waals surface area contributed by atoms with E-state index in [2.05, 4.69) is 15.6 Å². The number of anilines is 2. The fraction of sp³-hybridized carbons (Fsp3) is 0.385. The number of hydrogen-bond acceptors (Lipinski definition) is 4. The van der Waals surface area contributed by atoms with Gasteiger partial charge in [0.25, 0.3) is 5.91 Å². The quantitative estimate of drug-likeness (QED) is 0.781. The summed E-state index contributed by atoms with van der Waals surface area (Å²) in [7, 11) is 3.86. The van der Waals surface area contributed by atoms with Gasteiger partial charge in [-0.15, -0.1) is 0 Å². The topological polar surface area (TPSA) is 57.3 Å².